The summed E-state index contributed by atoms with van der Waals surface area (Å²) < 4.78 is 68.0. The standard InChI is InChI=1S/C66H128O17P2/c1-7-10-12-14-16-17-24-32-38-44-50-65(70)82-61(54-76-63(68)48-42-36-28-15-13-11-8-2)56-80-84(72,73)78-52-60(67)53-79-85(74,75)81-57-62(55-77-64(69)49-43-37-31-27-26-30-35-41-47-59(6)9-3)83-66(71)51-45-39-33-25-22-20-18-19-21-23-29-34-40-46-58(4)5/h58-62,67H,7-57H2,1-6H3,(H,72,73)(H,74,75)/t59?,60-,61+,62+/m0/s1. The largest absolute Gasteiger partial charge is 0.472 e. The van der Waals surface area contributed by atoms with Gasteiger partial charge < -0.3 is 33.8 Å². The Labute approximate surface area is 517 Å². The van der Waals surface area contributed by atoms with Crippen molar-refractivity contribution < 1.29 is 80.2 Å². The molecule has 85 heavy (non-hydrogen) atoms. The molecular weight excluding hydrogens is 1130 g/mol. The van der Waals surface area contributed by atoms with Crippen molar-refractivity contribution in [1.29, 1.82) is 0 Å². The summed E-state index contributed by atoms with van der Waals surface area (Å²) in [4.78, 5) is 72.2. The van der Waals surface area contributed by atoms with E-state index in [0.717, 1.165) is 115 Å². The first kappa shape index (κ1) is 83.1. The Morgan fingerprint density at radius 3 is 0.894 bits per heavy atom. The maximum Gasteiger partial charge on any atom is 0.472 e. The molecule has 0 rings (SSSR count). The molecular formula is C66H128O17P2. The van der Waals surface area contributed by atoms with E-state index >= 15 is 0 Å². The van der Waals surface area contributed by atoms with Crippen LogP contribution in [0.3, 0.4) is 0 Å². The van der Waals surface area contributed by atoms with Gasteiger partial charge in [0.25, 0.3) is 0 Å². The summed E-state index contributed by atoms with van der Waals surface area (Å²) in [6.07, 6.45) is 41.7. The van der Waals surface area contributed by atoms with Crippen LogP contribution < -0.4 is 0 Å². The van der Waals surface area contributed by atoms with Gasteiger partial charge in [-0.25, -0.2) is 9.13 Å². The first-order valence-corrected chi connectivity index (χ1v) is 37.5. The molecule has 0 aliphatic heterocycles. The zero-order chi connectivity index (χ0) is 62.9. The molecule has 0 aromatic carbocycles. The molecule has 0 aromatic heterocycles. The minimum Gasteiger partial charge on any atom is -0.462 e. The summed E-state index contributed by atoms with van der Waals surface area (Å²) in [6, 6.07) is 0. The van der Waals surface area contributed by atoms with Crippen LogP contribution in [0.1, 0.15) is 330 Å². The topological polar surface area (TPSA) is 237 Å². The van der Waals surface area contributed by atoms with Gasteiger partial charge in [-0.3, -0.25) is 37.3 Å². The lowest BCUT2D eigenvalue weighted by molar-refractivity contribution is -0.161. The lowest BCUT2D eigenvalue weighted by Crippen LogP contribution is -2.30. The maximum absolute atomic E-state index is 13.0. The van der Waals surface area contributed by atoms with Crippen LogP contribution in [0, 0.1) is 11.8 Å². The van der Waals surface area contributed by atoms with Gasteiger partial charge in [0.15, 0.2) is 12.2 Å². The van der Waals surface area contributed by atoms with E-state index in [1.54, 1.807) is 0 Å². The molecule has 6 atom stereocenters. The third-order valence-corrected chi connectivity index (χ3v) is 17.5. The zero-order valence-electron chi connectivity index (χ0n) is 54.9. The molecule has 3 N–H and O–H groups in total. The molecule has 504 valence electrons. The molecule has 0 amide bonds. The molecule has 0 aliphatic rings. The van der Waals surface area contributed by atoms with Crippen molar-refractivity contribution in [3.05, 3.63) is 0 Å². The molecule has 0 saturated carbocycles. The number of phosphoric acid groups is 2. The Morgan fingerprint density at radius 1 is 0.341 bits per heavy atom. The molecule has 0 fully saturated rings. The summed E-state index contributed by atoms with van der Waals surface area (Å²) in [6.45, 7) is 9.49. The second-order valence-electron chi connectivity index (χ2n) is 24.6. The van der Waals surface area contributed by atoms with Gasteiger partial charge in [0, 0.05) is 25.7 Å². The van der Waals surface area contributed by atoms with Gasteiger partial charge in [-0.2, -0.15) is 0 Å². The van der Waals surface area contributed by atoms with E-state index in [-0.39, 0.29) is 25.7 Å². The van der Waals surface area contributed by atoms with Crippen LogP contribution in [-0.4, -0.2) is 96.7 Å². The second-order valence-corrected chi connectivity index (χ2v) is 27.5. The number of unbranched alkanes of at least 4 members (excludes halogenated alkanes) is 34. The number of aliphatic hydroxyl groups is 1. The number of hydrogen-bond donors (Lipinski definition) is 3. The van der Waals surface area contributed by atoms with Gasteiger partial charge in [0.05, 0.1) is 26.4 Å². The molecule has 0 spiro atoms. The Bertz CT molecular complexity index is 1670. The summed E-state index contributed by atoms with van der Waals surface area (Å²) >= 11 is 0. The predicted molar refractivity (Wildman–Crippen MR) is 340 cm³/mol. The lowest BCUT2D eigenvalue weighted by Gasteiger charge is -2.21. The molecule has 0 saturated heterocycles. The van der Waals surface area contributed by atoms with Crippen molar-refractivity contribution in [3.63, 3.8) is 0 Å². The Balaban J connectivity index is 5.21. The Morgan fingerprint density at radius 2 is 0.600 bits per heavy atom. The third-order valence-electron chi connectivity index (χ3n) is 15.6. The Kier molecular flexibility index (Phi) is 57.1. The van der Waals surface area contributed by atoms with E-state index < -0.39 is 97.5 Å². The highest BCUT2D eigenvalue weighted by molar-refractivity contribution is 7.47. The molecule has 0 heterocycles. The fraction of sp³-hybridized carbons (Fsp3) is 0.939. The number of carbonyl (C=O) groups is 4. The number of hydrogen-bond acceptors (Lipinski definition) is 15. The van der Waals surface area contributed by atoms with Gasteiger partial charge in [-0.1, -0.05) is 279 Å². The van der Waals surface area contributed by atoms with E-state index in [1.807, 2.05) is 0 Å². The highest BCUT2D eigenvalue weighted by Gasteiger charge is 2.30. The normalized spacial score (nSPS) is 14.6. The number of rotatable bonds is 65. The van der Waals surface area contributed by atoms with Crippen molar-refractivity contribution in [1.82, 2.24) is 0 Å². The average Bonchev–Trinajstić information content (AvgIpc) is 3.58. The van der Waals surface area contributed by atoms with E-state index in [0.29, 0.717) is 25.7 Å². The smallest absolute Gasteiger partial charge is 0.462 e. The average molecular weight is 1260 g/mol. The van der Waals surface area contributed by atoms with Crippen molar-refractivity contribution in [2.75, 3.05) is 39.6 Å². The van der Waals surface area contributed by atoms with Crippen LogP contribution in [0.25, 0.3) is 0 Å². The summed E-state index contributed by atoms with van der Waals surface area (Å²) in [5, 5.41) is 10.5. The first-order valence-electron chi connectivity index (χ1n) is 34.5. The minimum atomic E-state index is -4.95. The SMILES string of the molecule is CCCCCCCCCCCCC(=O)O[C@H](COC(=O)CCCCCCCCC)COP(=O)(O)OC[C@H](O)COP(=O)(O)OC[C@@H](COC(=O)CCCCCCCCCCC(C)CC)OC(=O)CCCCCCCCCCCCCCCC(C)C. The van der Waals surface area contributed by atoms with E-state index in [2.05, 4.69) is 41.5 Å². The molecule has 0 bridgehead atoms. The van der Waals surface area contributed by atoms with Crippen LogP contribution in [0.4, 0.5) is 0 Å². The number of carbonyl (C=O) groups excluding carboxylic acids is 4. The van der Waals surface area contributed by atoms with E-state index in [4.69, 9.17) is 37.0 Å². The highest BCUT2D eigenvalue weighted by atomic mass is 31.2. The highest BCUT2D eigenvalue weighted by Crippen LogP contribution is 2.45. The number of ether oxygens (including phenoxy) is 4. The molecule has 0 aromatic rings. The third kappa shape index (κ3) is 59.5. The van der Waals surface area contributed by atoms with Gasteiger partial charge in [-0.15, -0.1) is 0 Å². The predicted octanol–water partition coefficient (Wildman–Crippen LogP) is 18.4. The monoisotopic (exact) mass is 1250 g/mol. The number of aliphatic hydroxyl groups excluding tert-OH is 1. The van der Waals surface area contributed by atoms with Crippen molar-refractivity contribution >= 4 is 39.5 Å². The summed E-state index contributed by atoms with van der Waals surface area (Å²) in [7, 11) is -9.89. The van der Waals surface area contributed by atoms with Crippen molar-refractivity contribution in [3.8, 4) is 0 Å². The first-order chi connectivity index (χ1) is 40.9. The summed E-state index contributed by atoms with van der Waals surface area (Å²) in [5.41, 5.74) is 0. The van der Waals surface area contributed by atoms with Gasteiger partial charge in [0.2, 0.25) is 0 Å². The fourth-order valence-corrected chi connectivity index (χ4v) is 11.4. The Hall–Kier alpha value is -1.94. The van der Waals surface area contributed by atoms with Gasteiger partial charge in [-0.05, 0) is 37.5 Å². The second kappa shape index (κ2) is 58.4. The molecule has 3 unspecified atom stereocenters. The molecule has 0 radical (unpaired) electrons. The molecule has 0 aliphatic carbocycles. The van der Waals surface area contributed by atoms with Crippen LogP contribution in [0.2, 0.25) is 0 Å². The summed E-state index contributed by atoms with van der Waals surface area (Å²) in [5.74, 6) is -0.571. The van der Waals surface area contributed by atoms with Crippen molar-refractivity contribution in [2.24, 2.45) is 11.8 Å². The minimum absolute atomic E-state index is 0.106. The van der Waals surface area contributed by atoms with Crippen LogP contribution in [0.15, 0.2) is 0 Å². The molecule has 17 nitrogen and oxygen atoms in total. The number of esters is 4. The number of phosphoric ester groups is 2. The molecule has 19 heteroatoms. The fourth-order valence-electron chi connectivity index (χ4n) is 9.85. The van der Waals surface area contributed by atoms with E-state index in [1.165, 1.54) is 135 Å². The lowest BCUT2D eigenvalue weighted by atomic mass is 9.99. The van der Waals surface area contributed by atoms with Crippen LogP contribution in [0.5, 0.6) is 0 Å². The van der Waals surface area contributed by atoms with Crippen LogP contribution >= 0.6 is 15.6 Å². The zero-order valence-corrected chi connectivity index (χ0v) is 56.7. The van der Waals surface area contributed by atoms with Gasteiger partial charge in [0.1, 0.15) is 19.3 Å². The van der Waals surface area contributed by atoms with Gasteiger partial charge >= 0.3 is 39.5 Å². The van der Waals surface area contributed by atoms with Crippen molar-refractivity contribution in [2.45, 2.75) is 349 Å². The van der Waals surface area contributed by atoms with Crippen LogP contribution in [-0.2, 0) is 65.4 Å². The maximum atomic E-state index is 13.0. The quantitative estimate of drug-likeness (QED) is 0.0222. The van der Waals surface area contributed by atoms with E-state index in [9.17, 15) is 43.2 Å².